The lowest BCUT2D eigenvalue weighted by Crippen LogP contribution is -2.45. The van der Waals surface area contributed by atoms with Gasteiger partial charge in [-0.2, -0.15) is 18.3 Å². The number of alkyl halides is 3. The number of anilines is 1. The lowest BCUT2D eigenvalue weighted by molar-refractivity contribution is -0.141. The van der Waals surface area contributed by atoms with Gasteiger partial charge in [0.05, 0.1) is 26.0 Å². The van der Waals surface area contributed by atoms with E-state index in [1.165, 1.54) is 25.5 Å². The highest BCUT2D eigenvalue weighted by atomic mass is 19.4. The summed E-state index contributed by atoms with van der Waals surface area (Å²) >= 11 is 0. The smallest absolute Gasteiger partial charge is 0.435 e. The monoisotopic (exact) mass is 554 g/mol. The van der Waals surface area contributed by atoms with Gasteiger partial charge in [-0.3, -0.25) is 9.69 Å². The highest BCUT2D eigenvalue weighted by molar-refractivity contribution is 6.07. The van der Waals surface area contributed by atoms with Crippen LogP contribution in [0, 0.1) is 0 Å². The van der Waals surface area contributed by atoms with Crippen LogP contribution in [0.15, 0.2) is 48.5 Å². The molecule has 3 aliphatic rings. The predicted octanol–water partition coefficient (Wildman–Crippen LogP) is 5.25. The number of hydrogen-bond acceptors (Lipinski definition) is 5. The van der Waals surface area contributed by atoms with Gasteiger partial charge < -0.3 is 14.4 Å². The van der Waals surface area contributed by atoms with Crippen molar-refractivity contribution >= 4 is 11.6 Å². The summed E-state index contributed by atoms with van der Waals surface area (Å²) in [4.78, 5) is 17.8. The van der Waals surface area contributed by atoms with Crippen molar-refractivity contribution < 1.29 is 27.4 Å². The molecule has 1 saturated carbocycles. The highest BCUT2D eigenvalue weighted by Gasteiger charge is 2.43. The van der Waals surface area contributed by atoms with E-state index in [1.54, 1.807) is 29.2 Å². The molecule has 2 aliphatic heterocycles. The largest absolute Gasteiger partial charge is 0.497 e. The minimum absolute atomic E-state index is 0.0487. The van der Waals surface area contributed by atoms with E-state index in [4.69, 9.17) is 9.47 Å². The molecule has 2 aromatic carbocycles. The maximum atomic E-state index is 13.9. The molecule has 3 heterocycles. The quantitative estimate of drug-likeness (QED) is 0.417. The highest BCUT2D eigenvalue weighted by Crippen LogP contribution is 2.43. The number of aromatic nitrogens is 2. The van der Waals surface area contributed by atoms with Crippen LogP contribution in [0.2, 0.25) is 0 Å². The second-order valence-corrected chi connectivity index (χ2v) is 10.9. The summed E-state index contributed by atoms with van der Waals surface area (Å²) in [6, 6.07) is 14.6. The fourth-order valence-corrected chi connectivity index (χ4v) is 6.52. The maximum absolute atomic E-state index is 13.9. The molecule has 0 N–H and O–H groups in total. The minimum Gasteiger partial charge on any atom is -0.497 e. The van der Waals surface area contributed by atoms with E-state index >= 15 is 0 Å². The topological polar surface area (TPSA) is 59.8 Å². The summed E-state index contributed by atoms with van der Waals surface area (Å²) in [5.41, 5.74) is 1.26. The van der Waals surface area contributed by atoms with Crippen LogP contribution in [0.25, 0.3) is 5.69 Å². The van der Waals surface area contributed by atoms with Crippen LogP contribution < -0.4 is 9.64 Å². The van der Waals surface area contributed by atoms with Crippen molar-refractivity contribution in [3.63, 3.8) is 0 Å². The number of carbonyl (C=O) groups excluding carboxylic acids is 1. The Balaban J connectivity index is 1.31. The van der Waals surface area contributed by atoms with Crippen molar-refractivity contribution in [2.24, 2.45) is 0 Å². The Morgan fingerprint density at radius 2 is 1.60 bits per heavy atom. The zero-order valence-electron chi connectivity index (χ0n) is 22.5. The molecule has 6 rings (SSSR count). The van der Waals surface area contributed by atoms with Crippen molar-refractivity contribution in [2.45, 2.75) is 43.7 Å². The number of hydrogen-bond donors (Lipinski definition) is 0. The van der Waals surface area contributed by atoms with Crippen LogP contribution in [0.3, 0.4) is 0 Å². The third-order valence-corrected chi connectivity index (χ3v) is 8.58. The van der Waals surface area contributed by atoms with Crippen LogP contribution >= 0.6 is 0 Å². The Labute approximate surface area is 231 Å². The van der Waals surface area contributed by atoms with Crippen molar-refractivity contribution in [1.82, 2.24) is 14.7 Å². The average molecular weight is 555 g/mol. The molecule has 0 bridgehead atoms. The molecule has 212 valence electrons. The molecule has 3 aromatic rings. The molecule has 0 unspecified atom stereocenters. The molecule has 10 heteroatoms. The van der Waals surface area contributed by atoms with Crippen LogP contribution in [-0.4, -0.2) is 67.1 Å². The third-order valence-electron chi connectivity index (χ3n) is 8.58. The van der Waals surface area contributed by atoms with Gasteiger partial charge in [0.25, 0.3) is 5.91 Å². The Hall–Kier alpha value is -3.37. The van der Waals surface area contributed by atoms with Gasteiger partial charge in [0.2, 0.25) is 0 Å². The lowest BCUT2D eigenvalue weighted by atomic mass is 9.78. The molecule has 0 atom stereocenters. The van der Waals surface area contributed by atoms with Crippen LogP contribution in [-0.2, 0) is 22.7 Å². The number of carbonyl (C=O) groups is 1. The van der Waals surface area contributed by atoms with Crippen molar-refractivity contribution in [2.75, 3.05) is 51.4 Å². The first-order valence-electron chi connectivity index (χ1n) is 13.9. The average Bonchev–Trinajstić information content (AvgIpc) is 3.60. The van der Waals surface area contributed by atoms with E-state index in [2.05, 4.69) is 22.1 Å². The van der Waals surface area contributed by atoms with Gasteiger partial charge in [0.1, 0.15) is 11.4 Å². The second-order valence-electron chi connectivity index (χ2n) is 10.9. The predicted molar refractivity (Wildman–Crippen MR) is 144 cm³/mol. The van der Waals surface area contributed by atoms with E-state index in [9.17, 15) is 18.0 Å². The molecule has 40 heavy (non-hydrogen) atoms. The number of halogens is 3. The van der Waals surface area contributed by atoms with Crippen LogP contribution in [0.5, 0.6) is 5.75 Å². The zero-order valence-corrected chi connectivity index (χ0v) is 22.5. The summed E-state index contributed by atoms with van der Waals surface area (Å²) in [7, 11) is 1.51. The van der Waals surface area contributed by atoms with Crippen molar-refractivity contribution in [1.29, 1.82) is 0 Å². The first-order chi connectivity index (χ1) is 19.3. The minimum atomic E-state index is -4.66. The fraction of sp³-hybridized carbons (Fsp3) is 0.467. The van der Waals surface area contributed by atoms with Gasteiger partial charge >= 0.3 is 6.18 Å². The summed E-state index contributed by atoms with van der Waals surface area (Å²) in [5, 5.41) is 3.89. The first-order valence-corrected chi connectivity index (χ1v) is 13.9. The number of morpholine rings is 1. The van der Waals surface area contributed by atoms with Crippen LogP contribution in [0.4, 0.5) is 18.9 Å². The summed E-state index contributed by atoms with van der Waals surface area (Å²) < 4.78 is 53.6. The zero-order chi connectivity index (χ0) is 27.9. The molecule has 1 saturated heterocycles. The number of methoxy groups -OCH3 is 1. The van der Waals surface area contributed by atoms with E-state index in [1.807, 2.05) is 12.1 Å². The van der Waals surface area contributed by atoms with Gasteiger partial charge in [0, 0.05) is 42.8 Å². The van der Waals surface area contributed by atoms with Crippen LogP contribution in [0.1, 0.15) is 53.0 Å². The van der Waals surface area contributed by atoms with E-state index in [0.717, 1.165) is 50.4 Å². The first kappa shape index (κ1) is 26.8. The van der Waals surface area contributed by atoms with Crippen molar-refractivity contribution in [3.05, 3.63) is 71.0 Å². The number of benzene rings is 2. The van der Waals surface area contributed by atoms with Gasteiger partial charge in [-0.25, -0.2) is 4.68 Å². The molecule has 0 spiro atoms. The molecule has 7 nitrogen and oxygen atoms in total. The number of ether oxygens (including phenoxy) is 2. The van der Waals surface area contributed by atoms with Gasteiger partial charge in [-0.1, -0.05) is 25.0 Å². The van der Waals surface area contributed by atoms with E-state index < -0.39 is 17.8 Å². The molecule has 1 aromatic heterocycles. The second kappa shape index (κ2) is 10.6. The molecule has 1 amide bonds. The Morgan fingerprint density at radius 3 is 2.23 bits per heavy atom. The lowest BCUT2D eigenvalue weighted by Gasteiger charge is -2.38. The summed E-state index contributed by atoms with van der Waals surface area (Å²) in [6.45, 7) is 4.54. The molecule has 0 radical (unpaired) electrons. The van der Waals surface area contributed by atoms with E-state index in [0.29, 0.717) is 17.1 Å². The summed E-state index contributed by atoms with van der Waals surface area (Å²) in [6.07, 6.45) is 0.0253. The molecular formula is C30H33F3N4O3. The Morgan fingerprint density at radius 1 is 0.950 bits per heavy atom. The summed E-state index contributed by atoms with van der Waals surface area (Å²) in [5.74, 6) is 0.0687. The standard InChI is InChI=1S/C30H33F3N4O3/c1-39-24-10-8-23(9-11-24)37-26-25(27(34-37)30(31,32)33)12-15-36(28(26)38)22-6-4-21(5-7-22)29(13-2-3-14-29)20-35-16-18-40-19-17-35/h4-11H,2-3,12-20H2,1H3. The Kier molecular flexibility index (Phi) is 7.08. The number of nitrogens with zero attached hydrogens (tertiary/aromatic N) is 4. The SMILES string of the molecule is COc1ccc(-n2nc(C(F)(F)F)c3c2C(=O)N(c2ccc(C4(CN5CCOCC5)CCCC4)cc2)CC3)cc1. The van der Waals surface area contributed by atoms with Crippen molar-refractivity contribution in [3.8, 4) is 11.4 Å². The normalized spacial score (nSPS) is 19.6. The van der Waals surface area contributed by atoms with Gasteiger partial charge in [-0.15, -0.1) is 0 Å². The maximum Gasteiger partial charge on any atom is 0.435 e. The number of rotatable bonds is 6. The third kappa shape index (κ3) is 4.88. The van der Waals surface area contributed by atoms with Gasteiger partial charge in [0.15, 0.2) is 5.69 Å². The number of amides is 1. The molecule has 2 fully saturated rings. The molecule has 1 aliphatic carbocycles. The Bertz CT molecular complexity index is 1360. The molecular weight excluding hydrogens is 521 g/mol. The van der Waals surface area contributed by atoms with Gasteiger partial charge in [-0.05, 0) is 61.2 Å². The van der Waals surface area contributed by atoms with E-state index in [-0.39, 0.29) is 29.6 Å². The fourth-order valence-electron chi connectivity index (χ4n) is 6.52. The number of fused-ring (bicyclic) bond motifs is 1.